The van der Waals surface area contributed by atoms with E-state index < -0.39 is 24.3 Å². The van der Waals surface area contributed by atoms with Gasteiger partial charge in [0.15, 0.2) is 0 Å². The predicted molar refractivity (Wildman–Crippen MR) is 33.8 cm³/mol. The maximum atomic E-state index is 10.9. The van der Waals surface area contributed by atoms with Crippen LogP contribution in [0.25, 0.3) is 0 Å². The van der Waals surface area contributed by atoms with Crippen molar-refractivity contribution in [2.45, 2.75) is 18.5 Å². The van der Waals surface area contributed by atoms with Gasteiger partial charge >= 0.3 is 0 Å². The van der Waals surface area contributed by atoms with Gasteiger partial charge < -0.3 is 19.7 Å². The molecule has 5 heteroatoms. The molecule has 0 saturated carbocycles. The summed E-state index contributed by atoms with van der Waals surface area (Å²) in [6.45, 7) is -0.382. The fourth-order valence-electron chi connectivity index (χ4n) is 0.937. The third kappa shape index (κ3) is 1.41. The molecule has 0 aromatic rings. The molecule has 2 N–H and O–H groups in total. The van der Waals surface area contributed by atoms with Crippen LogP contribution in [0.3, 0.4) is 0 Å². The molecule has 0 radical (unpaired) electrons. The van der Waals surface area contributed by atoms with Crippen LogP contribution >= 0.6 is 0 Å². The fraction of sp³-hybridized carbons (Fsp3) is 0.833. The number of rotatable bonds is 2. The summed E-state index contributed by atoms with van der Waals surface area (Å²) in [4.78, 5) is 10.9. The minimum Gasteiger partial charge on any atom is -0.394 e. The number of ketones is 1. The van der Waals surface area contributed by atoms with Crippen LogP contribution in [-0.4, -0.2) is 48.2 Å². The molecule has 64 valence electrons. The first-order valence-corrected chi connectivity index (χ1v) is 3.21. The first-order valence-electron chi connectivity index (χ1n) is 3.21. The van der Waals surface area contributed by atoms with Crippen LogP contribution in [0.15, 0.2) is 0 Å². The van der Waals surface area contributed by atoms with Crippen molar-refractivity contribution in [3.63, 3.8) is 0 Å². The molecule has 0 aromatic carbocycles. The van der Waals surface area contributed by atoms with Crippen molar-refractivity contribution in [1.29, 1.82) is 0 Å². The van der Waals surface area contributed by atoms with Crippen LogP contribution in [-0.2, 0) is 14.3 Å². The molecular weight excluding hydrogens is 152 g/mol. The van der Waals surface area contributed by atoms with Crippen LogP contribution in [0.4, 0.5) is 0 Å². The Balaban J connectivity index is 2.61. The van der Waals surface area contributed by atoms with E-state index in [0.29, 0.717) is 0 Å². The van der Waals surface area contributed by atoms with Crippen molar-refractivity contribution in [2.75, 3.05) is 13.7 Å². The summed E-state index contributed by atoms with van der Waals surface area (Å²) in [5.41, 5.74) is 0. The van der Waals surface area contributed by atoms with Gasteiger partial charge in [0.25, 0.3) is 0 Å². The number of hydrogen-bond acceptors (Lipinski definition) is 5. The van der Waals surface area contributed by atoms with Gasteiger partial charge in [-0.25, -0.2) is 0 Å². The second-order valence-corrected chi connectivity index (χ2v) is 2.27. The molecule has 3 atom stereocenters. The van der Waals surface area contributed by atoms with Gasteiger partial charge in [-0.05, 0) is 0 Å². The Hall–Kier alpha value is -0.490. The third-order valence-corrected chi connectivity index (χ3v) is 1.57. The van der Waals surface area contributed by atoms with Gasteiger partial charge in [0.2, 0.25) is 12.1 Å². The Morgan fingerprint density at radius 1 is 1.73 bits per heavy atom. The lowest BCUT2D eigenvalue weighted by molar-refractivity contribution is -0.152. The van der Waals surface area contributed by atoms with E-state index >= 15 is 0 Å². The molecular formula is C6H10O5. The Bertz CT molecular complexity index is 153. The maximum absolute atomic E-state index is 10.9. The number of Topliss-reactive ketones (excluding diaryl/α,β-unsaturated/α-hetero) is 1. The van der Waals surface area contributed by atoms with Gasteiger partial charge in [-0.3, -0.25) is 4.79 Å². The van der Waals surface area contributed by atoms with Gasteiger partial charge in [0.1, 0.15) is 12.2 Å². The van der Waals surface area contributed by atoms with Crippen molar-refractivity contribution < 1.29 is 24.5 Å². The fourth-order valence-corrected chi connectivity index (χ4v) is 0.937. The molecule has 5 nitrogen and oxygen atoms in total. The van der Waals surface area contributed by atoms with E-state index in [4.69, 9.17) is 14.9 Å². The Morgan fingerprint density at radius 3 is 2.64 bits per heavy atom. The SMILES string of the molecule is COC1O[C@H](CO)[C@@H](O)C1=O. The molecule has 1 aliphatic rings. The number of ether oxygens (including phenoxy) is 2. The molecule has 0 bridgehead atoms. The number of hydrogen-bond donors (Lipinski definition) is 2. The van der Waals surface area contributed by atoms with E-state index in [1.807, 2.05) is 0 Å². The highest BCUT2D eigenvalue weighted by Crippen LogP contribution is 2.16. The van der Waals surface area contributed by atoms with Crippen molar-refractivity contribution in [3.05, 3.63) is 0 Å². The molecule has 0 spiro atoms. The largest absolute Gasteiger partial charge is 0.394 e. The number of carbonyl (C=O) groups excluding carboxylic acids is 1. The van der Waals surface area contributed by atoms with E-state index in [9.17, 15) is 4.79 Å². The highest BCUT2D eigenvalue weighted by Gasteiger charge is 2.42. The topological polar surface area (TPSA) is 76.0 Å². The first-order chi connectivity index (χ1) is 5.20. The molecule has 1 unspecified atom stereocenters. The summed E-state index contributed by atoms with van der Waals surface area (Å²) < 4.78 is 9.40. The summed E-state index contributed by atoms with van der Waals surface area (Å²) in [7, 11) is 1.30. The summed E-state index contributed by atoms with van der Waals surface area (Å²) in [6.07, 6.45) is -3.13. The van der Waals surface area contributed by atoms with E-state index in [0.717, 1.165) is 0 Å². The van der Waals surface area contributed by atoms with E-state index in [1.54, 1.807) is 0 Å². The zero-order valence-electron chi connectivity index (χ0n) is 6.06. The molecule has 0 amide bonds. The molecule has 1 heterocycles. The number of aliphatic hydroxyl groups is 2. The van der Waals surface area contributed by atoms with Gasteiger partial charge in [0.05, 0.1) is 6.61 Å². The second-order valence-electron chi connectivity index (χ2n) is 2.27. The van der Waals surface area contributed by atoms with Gasteiger partial charge in [0, 0.05) is 7.11 Å². The highest BCUT2D eigenvalue weighted by atomic mass is 16.7. The lowest BCUT2D eigenvalue weighted by Gasteiger charge is -2.07. The molecule has 11 heavy (non-hydrogen) atoms. The van der Waals surface area contributed by atoms with Crippen LogP contribution in [0.2, 0.25) is 0 Å². The highest BCUT2D eigenvalue weighted by molar-refractivity contribution is 5.88. The second kappa shape index (κ2) is 3.27. The lowest BCUT2D eigenvalue weighted by Crippen LogP contribution is -2.29. The zero-order valence-corrected chi connectivity index (χ0v) is 6.06. The number of carbonyl (C=O) groups is 1. The van der Waals surface area contributed by atoms with E-state index in [2.05, 4.69) is 4.74 Å². The minimum absolute atomic E-state index is 0.382. The summed E-state index contributed by atoms with van der Waals surface area (Å²) >= 11 is 0. The van der Waals surface area contributed by atoms with E-state index in [1.165, 1.54) is 7.11 Å². The average molecular weight is 162 g/mol. The average Bonchev–Trinajstić information content (AvgIpc) is 2.30. The van der Waals surface area contributed by atoms with Gasteiger partial charge in [-0.15, -0.1) is 0 Å². The molecule has 1 saturated heterocycles. The van der Waals surface area contributed by atoms with Crippen molar-refractivity contribution in [1.82, 2.24) is 0 Å². The van der Waals surface area contributed by atoms with Gasteiger partial charge in [-0.1, -0.05) is 0 Å². The van der Waals surface area contributed by atoms with Crippen LogP contribution in [0.5, 0.6) is 0 Å². The quantitative estimate of drug-likeness (QED) is 0.505. The lowest BCUT2D eigenvalue weighted by atomic mass is 10.2. The Labute approximate surface area is 63.5 Å². The van der Waals surface area contributed by atoms with Gasteiger partial charge in [-0.2, -0.15) is 0 Å². The maximum Gasteiger partial charge on any atom is 0.220 e. The van der Waals surface area contributed by atoms with Crippen LogP contribution in [0, 0.1) is 0 Å². The number of aliphatic hydroxyl groups excluding tert-OH is 2. The molecule has 1 aliphatic heterocycles. The molecule has 0 aliphatic carbocycles. The smallest absolute Gasteiger partial charge is 0.220 e. The van der Waals surface area contributed by atoms with E-state index in [-0.39, 0.29) is 6.61 Å². The van der Waals surface area contributed by atoms with Crippen molar-refractivity contribution in [2.24, 2.45) is 0 Å². The Kier molecular flexibility index (Phi) is 2.56. The van der Waals surface area contributed by atoms with Crippen LogP contribution < -0.4 is 0 Å². The summed E-state index contributed by atoms with van der Waals surface area (Å²) in [6, 6.07) is 0. The monoisotopic (exact) mass is 162 g/mol. The predicted octanol–water partition coefficient (Wildman–Crippen LogP) is -1.72. The molecule has 0 aromatic heterocycles. The normalized spacial score (nSPS) is 38.1. The zero-order chi connectivity index (χ0) is 8.43. The molecule has 1 rings (SSSR count). The standard InChI is InChI=1S/C6H10O5/c1-10-6-5(9)4(8)3(2-7)11-6/h3-4,6-8H,2H2,1H3/t3-,4-,6?/m1/s1. The number of methoxy groups -OCH3 is 1. The first kappa shape index (κ1) is 8.61. The van der Waals surface area contributed by atoms with Crippen LogP contribution in [0.1, 0.15) is 0 Å². The molecule has 1 fully saturated rings. The van der Waals surface area contributed by atoms with Crippen molar-refractivity contribution in [3.8, 4) is 0 Å². The Morgan fingerprint density at radius 2 is 2.36 bits per heavy atom. The third-order valence-electron chi connectivity index (χ3n) is 1.57. The summed E-state index contributed by atoms with van der Waals surface area (Å²) in [5.74, 6) is -0.536. The minimum atomic E-state index is -1.26. The summed E-state index contributed by atoms with van der Waals surface area (Å²) in [5, 5.41) is 17.6. The van der Waals surface area contributed by atoms with Crippen molar-refractivity contribution >= 4 is 5.78 Å².